The van der Waals surface area contributed by atoms with Crippen LogP contribution < -0.4 is 20.2 Å². The average molecular weight is 402 g/mol. The molecule has 0 aliphatic rings. The van der Waals surface area contributed by atoms with Crippen molar-refractivity contribution in [2.75, 3.05) is 14.2 Å². The van der Waals surface area contributed by atoms with E-state index in [9.17, 15) is 9.59 Å². The summed E-state index contributed by atoms with van der Waals surface area (Å²) in [6.07, 6.45) is 0. The van der Waals surface area contributed by atoms with Crippen LogP contribution in [0.5, 0.6) is 11.5 Å². The number of methoxy groups -OCH3 is 2. The molecule has 0 aliphatic carbocycles. The Bertz CT molecular complexity index is 1230. The average Bonchev–Trinajstić information content (AvgIpc) is 2.80. The van der Waals surface area contributed by atoms with Crippen molar-refractivity contribution in [3.8, 4) is 11.5 Å². The van der Waals surface area contributed by atoms with Crippen molar-refractivity contribution in [3.63, 3.8) is 0 Å². The van der Waals surface area contributed by atoms with Gasteiger partial charge in [0.05, 0.1) is 25.3 Å². The molecule has 0 spiro atoms. The van der Waals surface area contributed by atoms with Gasteiger partial charge in [-0.1, -0.05) is 30.3 Å². The van der Waals surface area contributed by atoms with E-state index in [-0.39, 0.29) is 17.9 Å². The number of pyridine rings is 1. The lowest BCUT2D eigenvalue weighted by Crippen LogP contribution is -2.28. The Morgan fingerprint density at radius 3 is 2.07 bits per heavy atom. The van der Waals surface area contributed by atoms with Crippen LogP contribution >= 0.6 is 0 Å². The van der Waals surface area contributed by atoms with Gasteiger partial charge in [0.1, 0.15) is 6.54 Å². The summed E-state index contributed by atoms with van der Waals surface area (Å²) in [6.45, 7) is 0.462. The first kappa shape index (κ1) is 19.5. The maximum absolute atomic E-state index is 12.8. The summed E-state index contributed by atoms with van der Waals surface area (Å²) >= 11 is 0. The molecule has 4 rings (SSSR count). The predicted molar refractivity (Wildman–Crippen MR) is 117 cm³/mol. The topological polar surface area (TPSA) is 69.6 Å². The number of hydrogen-bond donors (Lipinski definition) is 1. The zero-order chi connectivity index (χ0) is 21.1. The van der Waals surface area contributed by atoms with Crippen LogP contribution in [0.1, 0.15) is 5.56 Å². The van der Waals surface area contributed by atoms with E-state index in [2.05, 4.69) is 5.32 Å². The van der Waals surface area contributed by atoms with E-state index in [1.54, 1.807) is 26.4 Å². The van der Waals surface area contributed by atoms with E-state index in [0.29, 0.717) is 28.8 Å². The Hall–Kier alpha value is -3.80. The van der Waals surface area contributed by atoms with Gasteiger partial charge in [0.25, 0.3) is 0 Å². The zero-order valence-corrected chi connectivity index (χ0v) is 16.8. The molecule has 30 heavy (non-hydrogen) atoms. The van der Waals surface area contributed by atoms with Crippen molar-refractivity contribution in [2.45, 2.75) is 13.1 Å². The number of amides is 1. The molecule has 0 saturated heterocycles. The van der Waals surface area contributed by atoms with Crippen molar-refractivity contribution in [3.05, 3.63) is 82.5 Å². The number of benzene rings is 3. The number of hydrogen-bond acceptors (Lipinski definition) is 4. The smallest absolute Gasteiger partial charge is 0.240 e. The molecule has 1 heterocycles. The Kier molecular flexibility index (Phi) is 5.39. The van der Waals surface area contributed by atoms with Gasteiger partial charge >= 0.3 is 0 Å². The maximum Gasteiger partial charge on any atom is 0.240 e. The quantitative estimate of drug-likeness (QED) is 0.501. The van der Waals surface area contributed by atoms with Crippen LogP contribution in [0, 0.1) is 0 Å². The Labute approximate surface area is 173 Å². The highest BCUT2D eigenvalue weighted by Crippen LogP contribution is 2.27. The van der Waals surface area contributed by atoms with E-state index in [0.717, 1.165) is 16.6 Å². The monoisotopic (exact) mass is 402 g/mol. The molecule has 152 valence electrons. The SMILES string of the molecule is COc1ccc(CNC(=O)Cn2c3ccccc3c(=O)c3ccccc32)cc1OC. The minimum atomic E-state index is -0.149. The molecule has 1 aromatic heterocycles. The lowest BCUT2D eigenvalue weighted by Gasteiger charge is -2.15. The van der Waals surface area contributed by atoms with Crippen molar-refractivity contribution in [1.29, 1.82) is 0 Å². The minimum absolute atomic E-state index is 0.0248. The largest absolute Gasteiger partial charge is 0.493 e. The summed E-state index contributed by atoms with van der Waals surface area (Å²) in [5.41, 5.74) is 2.35. The molecule has 0 unspecified atom stereocenters. The van der Waals surface area contributed by atoms with Crippen LogP contribution in [-0.4, -0.2) is 24.7 Å². The van der Waals surface area contributed by atoms with Crippen molar-refractivity contribution < 1.29 is 14.3 Å². The lowest BCUT2D eigenvalue weighted by atomic mass is 10.1. The standard InChI is InChI=1S/C24H22N2O4/c1-29-21-12-11-16(13-22(21)30-2)14-25-23(27)15-26-19-9-5-3-7-17(19)24(28)18-8-4-6-10-20(18)26/h3-13H,14-15H2,1-2H3,(H,25,27). The summed E-state index contributed by atoms with van der Waals surface area (Å²) in [6, 6.07) is 20.3. The fourth-order valence-electron chi connectivity index (χ4n) is 3.64. The van der Waals surface area contributed by atoms with Crippen molar-refractivity contribution in [1.82, 2.24) is 9.88 Å². The molecule has 3 aromatic carbocycles. The van der Waals surface area contributed by atoms with Crippen LogP contribution in [0.15, 0.2) is 71.5 Å². The Morgan fingerprint density at radius 2 is 1.47 bits per heavy atom. The number of nitrogens with one attached hydrogen (secondary N) is 1. The summed E-state index contributed by atoms with van der Waals surface area (Å²) in [5.74, 6) is 1.10. The van der Waals surface area contributed by atoms with Gasteiger partial charge in [-0.2, -0.15) is 0 Å². The van der Waals surface area contributed by atoms with Crippen LogP contribution in [0.3, 0.4) is 0 Å². The van der Waals surface area contributed by atoms with Gasteiger partial charge in [-0.3, -0.25) is 9.59 Å². The number of nitrogens with zero attached hydrogens (tertiary/aromatic N) is 1. The van der Waals surface area contributed by atoms with Gasteiger partial charge in [0.2, 0.25) is 5.91 Å². The molecule has 4 aromatic rings. The van der Waals surface area contributed by atoms with Crippen LogP contribution in [0.4, 0.5) is 0 Å². The Balaban J connectivity index is 1.62. The Morgan fingerprint density at radius 1 is 0.867 bits per heavy atom. The van der Waals surface area contributed by atoms with Crippen LogP contribution in [-0.2, 0) is 17.9 Å². The number of aromatic nitrogens is 1. The van der Waals surface area contributed by atoms with E-state index >= 15 is 0 Å². The highest BCUT2D eigenvalue weighted by molar-refractivity contribution is 5.94. The molecule has 1 amide bonds. The molecule has 0 saturated carbocycles. The lowest BCUT2D eigenvalue weighted by molar-refractivity contribution is -0.121. The number of rotatable bonds is 6. The van der Waals surface area contributed by atoms with Crippen LogP contribution in [0.25, 0.3) is 21.8 Å². The summed E-state index contributed by atoms with van der Waals surface area (Å²) in [7, 11) is 3.16. The van der Waals surface area contributed by atoms with Gasteiger partial charge in [0, 0.05) is 17.3 Å². The summed E-state index contributed by atoms with van der Waals surface area (Å²) in [5, 5.41) is 4.15. The van der Waals surface area contributed by atoms with Gasteiger partial charge in [-0.15, -0.1) is 0 Å². The molecule has 6 nitrogen and oxygen atoms in total. The number of ether oxygens (including phenoxy) is 2. The molecule has 0 aliphatic heterocycles. The molecule has 0 bridgehead atoms. The highest BCUT2D eigenvalue weighted by Gasteiger charge is 2.13. The summed E-state index contributed by atoms with van der Waals surface area (Å²) in [4.78, 5) is 25.6. The number of carbonyl (C=O) groups is 1. The van der Waals surface area contributed by atoms with Gasteiger partial charge in [-0.25, -0.2) is 0 Å². The fourth-order valence-corrected chi connectivity index (χ4v) is 3.64. The minimum Gasteiger partial charge on any atom is -0.493 e. The van der Waals surface area contributed by atoms with E-state index in [1.165, 1.54) is 0 Å². The first-order valence-corrected chi connectivity index (χ1v) is 9.60. The molecule has 1 N–H and O–H groups in total. The van der Waals surface area contributed by atoms with E-state index in [1.807, 2.05) is 59.2 Å². The number of carbonyl (C=O) groups excluding carboxylic acids is 1. The third-order valence-electron chi connectivity index (χ3n) is 5.12. The third kappa shape index (κ3) is 3.59. The van der Waals surface area contributed by atoms with Crippen LogP contribution in [0.2, 0.25) is 0 Å². The number of para-hydroxylation sites is 2. The van der Waals surface area contributed by atoms with Crippen molar-refractivity contribution >= 4 is 27.7 Å². The second kappa shape index (κ2) is 8.29. The second-order valence-electron chi connectivity index (χ2n) is 6.92. The first-order valence-electron chi connectivity index (χ1n) is 9.60. The normalized spacial score (nSPS) is 10.9. The molecular formula is C24H22N2O4. The van der Waals surface area contributed by atoms with E-state index in [4.69, 9.17) is 9.47 Å². The fraction of sp³-hybridized carbons (Fsp3) is 0.167. The van der Waals surface area contributed by atoms with Gasteiger partial charge < -0.3 is 19.4 Å². The van der Waals surface area contributed by atoms with Crippen molar-refractivity contribution in [2.24, 2.45) is 0 Å². The third-order valence-corrected chi connectivity index (χ3v) is 5.12. The second-order valence-corrected chi connectivity index (χ2v) is 6.92. The van der Waals surface area contributed by atoms with Gasteiger partial charge in [-0.05, 0) is 42.0 Å². The number of fused-ring (bicyclic) bond motifs is 2. The van der Waals surface area contributed by atoms with E-state index < -0.39 is 0 Å². The van der Waals surface area contributed by atoms with Gasteiger partial charge in [0.15, 0.2) is 16.9 Å². The zero-order valence-electron chi connectivity index (χ0n) is 16.8. The molecule has 0 fully saturated rings. The molecular weight excluding hydrogens is 380 g/mol. The molecule has 0 atom stereocenters. The molecule has 0 radical (unpaired) electrons. The maximum atomic E-state index is 12.8. The highest BCUT2D eigenvalue weighted by atomic mass is 16.5. The summed E-state index contributed by atoms with van der Waals surface area (Å²) < 4.78 is 12.4. The predicted octanol–water partition coefficient (Wildman–Crippen LogP) is 3.49. The molecule has 6 heteroatoms. The first-order chi connectivity index (χ1) is 14.6.